The maximum Gasteiger partial charge on any atom is 0.332 e. The molecule has 9 unspecified atom stereocenters. The smallest absolute Gasteiger partial charge is 0.332 e. The molecule has 0 bridgehead atoms. The highest BCUT2D eigenvalue weighted by Gasteiger charge is 2.46. The molecule has 39 heavy (non-hydrogen) atoms. The third-order valence-corrected chi connectivity index (χ3v) is 9.50. The number of nitrogens with zero attached hydrogens (tertiary/aromatic N) is 1. The molecule has 8 heteroatoms. The van der Waals surface area contributed by atoms with E-state index in [-0.39, 0.29) is 24.1 Å². The number of hydrazone groups is 1. The van der Waals surface area contributed by atoms with Gasteiger partial charge in [0.1, 0.15) is 18.1 Å². The molecule has 3 aliphatic carbocycles. The molecule has 2 saturated carbocycles. The summed E-state index contributed by atoms with van der Waals surface area (Å²) in [5, 5.41) is 4.17. The lowest BCUT2D eigenvalue weighted by Crippen LogP contribution is -2.46. The number of allylic oxidation sites excluding steroid dienone is 1. The van der Waals surface area contributed by atoms with E-state index >= 15 is 0 Å². The summed E-state index contributed by atoms with van der Waals surface area (Å²) < 4.78 is 12.4. The Morgan fingerprint density at radius 3 is 1.74 bits per heavy atom. The van der Waals surface area contributed by atoms with Crippen molar-refractivity contribution < 1.29 is 23.9 Å². The van der Waals surface area contributed by atoms with Gasteiger partial charge in [0, 0.05) is 0 Å². The van der Waals surface area contributed by atoms with Crippen molar-refractivity contribution >= 4 is 23.7 Å². The van der Waals surface area contributed by atoms with Gasteiger partial charge in [0.15, 0.2) is 0 Å². The van der Waals surface area contributed by atoms with Crippen molar-refractivity contribution in [2.24, 2.45) is 64.1 Å². The maximum absolute atomic E-state index is 13.8. The Morgan fingerprint density at radius 2 is 1.31 bits per heavy atom. The van der Waals surface area contributed by atoms with E-state index in [2.05, 4.69) is 52.1 Å². The summed E-state index contributed by atoms with van der Waals surface area (Å²) in [6.45, 7) is 16.8. The van der Waals surface area contributed by atoms with Gasteiger partial charge in [-0.1, -0.05) is 66.9 Å². The fourth-order valence-electron chi connectivity index (χ4n) is 7.19. The number of urea groups is 1. The standard InChI is InChI=1S/C31H51N3O5/c1-16(2)22-11-9-18(5)13-25(22)38-29(35)27-20(7)15-24(33-34-31(32)37)28(21(27)8)30(36)39-26-14-19(6)10-12-23(26)17(3)4/h15-19,21-23,25-28H,9-14H2,1-8H3,(H3,32,34,37)/b33-24+. The van der Waals surface area contributed by atoms with Gasteiger partial charge in [-0.2, -0.15) is 5.10 Å². The van der Waals surface area contributed by atoms with Crippen LogP contribution in [0.1, 0.15) is 93.9 Å². The summed E-state index contributed by atoms with van der Waals surface area (Å²) >= 11 is 0. The Morgan fingerprint density at radius 1 is 0.846 bits per heavy atom. The maximum atomic E-state index is 13.8. The fourth-order valence-corrected chi connectivity index (χ4v) is 7.19. The molecule has 8 nitrogen and oxygen atoms in total. The molecule has 2 fully saturated rings. The largest absolute Gasteiger partial charge is 0.462 e. The Balaban J connectivity index is 1.88. The zero-order valence-electron chi connectivity index (χ0n) is 25.2. The van der Waals surface area contributed by atoms with E-state index in [1.165, 1.54) is 0 Å². The van der Waals surface area contributed by atoms with Crippen molar-refractivity contribution in [2.75, 3.05) is 0 Å². The number of rotatable bonds is 7. The number of ether oxygens (including phenoxy) is 2. The Labute approximate surface area is 234 Å². The number of hydrogen-bond donors (Lipinski definition) is 2. The normalized spacial score (nSPS) is 36.4. The summed E-state index contributed by atoms with van der Waals surface area (Å²) in [6.07, 6.45) is 7.40. The summed E-state index contributed by atoms with van der Waals surface area (Å²) in [7, 11) is 0. The van der Waals surface area contributed by atoms with Crippen molar-refractivity contribution in [3.8, 4) is 0 Å². The Bertz CT molecular complexity index is 958. The Hall–Kier alpha value is -2.38. The number of carbonyl (C=O) groups is 3. The summed E-state index contributed by atoms with van der Waals surface area (Å²) in [6, 6.07) is -0.818. The first-order valence-corrected chi connectivity index (χ1v) is 15.0. The summed E-state index contributed by atoms with van der Waals surface area (Å²) in [4.78, 5) is 39.0. The predicted molar refractivity (Wildman–Crippen MR) is 153 cm³/mol. The monoisotopic (exact) mass is 545 g/mol. The molecule has 3 N–H and O–H groups in total. The van der Waals surface area contributed by atoms with Crippen LogP contribution in [0.25, 0.3) is 0 Å². The molecular formula is C31H51N3O5. The van der Waals surface area contributed by atoms with Crippen molar-refractivity contribution in [2.45, 2.75) is 106 Å². The molecule has 0 radical (unpaired) electrons. The number of nitrogens with one attached hydrogen (secondary N) is 1. The van der Waals surface area contributed by atoms with Crippen LogP contribution in [0.3, 0.4) is 0 Å². The predicted octanol–water partition coefficient (Wildman–Crippen LogP) is 5.85. The number of hydrogen-bond acceptors (Lipinski definition) is 6. The third kappa shape index (κ3) is 7.63. The molecule has 3 aliphatic rings. The molecule has 0 aromatic rings. The first kappa shape index (κ1) is 31.2. The van der Waals surface area contributed by atoms with E-state index in [0.29, 0.717) is 35.3 Å². The van der Waals surface area contributed by atoms with Gasteiger partial charge >= 0.3 is 18.0 Å². The van der Waals surface area contributed by atoms with Crippen LogP contribution in [0.5, 0.6) is 0 Å². The van der Waals surface area contributed by atoms with Gasteiger partial charge in [-0.15, -0.1) is 0 Å². The fraction of sp³-hybridized carbons (Fsp3) is 0.806. The van der Waals surface area contributed by atoms with Crippen LogP contribution in [0, 0.1) is 53.3 Å². The number of esters is 2. The molecular weight excluding hydrogens is 494 g/mol. The van der Waals surface area contributed by atoms with E-state index < -0.39 is 29.8 Å². The van der Waals surface area contributed by atoms with Gasteiger partial charge in [-0.05, 0) is 80.1 Å². The average Bonchev–Trinajstić information content (AvgIpc) is 2.82. The quantitative estimate of drug-likeness (QED) is 0.307. The second kappa shape index (κ2) is 13.3. The molecule has 0 heterocycles. The molecule has 0 spiro atoms. The minimum atomic E-state index is -0.825. The van der Waals surface area contributed by atoms with Crippen molar-refractivity contribution in [3.63, 3.8) is 0 Å². The van der Waals surface area contributed by atoms with Crippen molar-refractivity contribution in [1.82, 2.24) is 5.43 Å². The molecule has 0 aromatic heterocycles. The van der Waals surface area contributed by atoms with Crippen LogP contribution in [0.15, 0.2) is 16.8 Å². The van der Waals surface area contributed by atoms with Crippen LogP contribution >= 0.6 is 0 Å². The number of carbonyl (C=O) groups excluding carboxylic acids is 3. The van der Waals surface area contributed by atoms with E-state index in [0.717, 1.165) is 44.1 Å². The van der Waals surface area contributed by atoms with Crippen LogP contribution in [-0.2, 0) is 19.1 Å². The number of primary amides is 1. The molecule has 0 aliphatic heterocycles. The molecule has 9 atom stereocenters. The van der Waals surface area contributed by atoms with Gasteiger partial charge in [-0.25, -0.2) is 10.2 Å². The van der Waals surface area contributed by atoms with Crippen molar-refractivity contribution in [1.29, 1.82) is 0 Å². The average molecular weight is 546 g/mol. The van der Waals surface area contributed by atoms with Gasteiger partial charge in [0.2, 0.25) is 0 Å². The lowest BCUT2D eigenvalue weighted by atomic mass is 9.71. The second-order valence-electron chi connectivity index (χ2n) is 13.3. The van der Waals surface area contributed by atoms with E-state index in [4.69, 9.17) is 15.2 Å². The summed E-state index contributed by atoms with van der Waals surface area (Å²) in [5.41, 5.74) is 8.65. The molecule has 0 aromatic carbocycles. The second-order valence-corrected chi connectivity index (χ2v) is 13.3. The highest BCUT2D eigenvalue weighted by atomic mass is 16.5. The first-order chi connectivity index (χ1) is 18.3. The number of nitrogens with two attached hydrogens (primary N) is 1. The van der Waals surface area contributed by atoms with Gasteiger partial charge in [0.25, 0.3) is 0 Å². The topological polar surface area (TPSA) is 120 Å². The summed E-state index contributed by atoms with van der Waals surface area (Å²) in [5.74, 6) is -0.198. The van der Waals surface area contributed by atoms with Gasteiger partial charge < -0.3 is 15.2 Å². The van der Waals surface area contributed by atoms with Crippen LogP contribution in [0.2, 0.25) is 0 Å². The zero-order chi connectivity index (χ0) is 29.0. The minimum absolute atomic E-state index is 0.131. The third-order valence-electron chi connectivity index (χ3n) is 9.50. The lowest BCUT2D eigenvalue weighted by molar-refractivity contribution is -0.165. The van der Waals surface area contributed by atoms with Gasteiger partial charge in [0.05, 0.1) is 11.6 Å². The number of amides is 2. The highest BCUT2D eigenvalue weighted by molar-refractivity contribution is 6.11. The van der Waals surface area contributed by atoms with E-state index in [1.54, 1.807) is 6.08 Å². The molecule has 2 amide bonds. The highest BCUT2D eigenvalue weighted by Crippen LogP contribution is 2.41. The zero-order valence-corrected chi connectivity index (χ0v) is 25.2. The van der Waals surface area contributed by atoms with E-state index in [9.17, 15) is 14.4 Å². The van der Waals surface area contributed by atoms with Crippen molar-refractivity contribution in [3.05, 3.63) is 11.6 Å². The lowest BCUT2D eigenvalue weighted by Gasteiger charge is -2.40. The SMILES string of the molecule is CC1=C/C(=N\NC(N)=O)C(C(=O)OC2CC(C)CCC2C(C)C)C(C)C1C(=O)OC1CC(C)CCC1C(C)C. The van der Waals surface area contributed by atoms with Crippen LogP contribution in [-0.4, -0.2) is 35.9 Å². The van der Waals surface area contributed by atoms with Gasteiger partial charge in [-0.3, -0.25) is 9.59 Å². The van der Waals surface area contributed by atoms with Crippen LogP contribution in [0.4, 0.5) is 4.79 Å². The van der Waals surface area contributed by atoms with E-state index in [1.807, 2.05) is 13.8 Å². The molecule has 0 saturated heterocycles. The Kier molecular flexibility index (Phi) is 10.6. The van der Waals surface area contributed by atoms with Crippen LogP contribution < -0.4 is 11.2 Å². The molecule has 3 rings (SSSR count). The minimum Gasteiger partial charge on any atom is -0.462 e. The first-order valence-electron chi connectivity index (χ1n) is 15.0. The molecule has 220 valence electrons.